The van der Waals surface area contributed by atoms with E-state index in [4.69, 9.17) is 4.74 Å². The molecule has 0 fully saturated rings. The first-order chi connectivity index (χ1) is 11.3. The number of ether oxygens (including phenoxy) is 2. The van der Waals surface area contributed by atoms with Crippen LogP contribution in [0.15, 0.2) is 23.3 Å². The molecule has 0 saturated heterocycles. The average molecular weight is 348 g/mol. The third-order valence-electron chi connectivity index (χ3n) is 2.75. The highest BCUT2D eigenvalue weighted by Crippen LogP contribution is 2.17. The maximum absolute atomic E-state index is 12.1. The number of pyridine rings is 1. The van der Waals surface area contributed by atoms with Crippen molar-refractivity contribution in [3.05, 3.63) is 23.9 Å². The largest absolute Gasteiger partial charge is 0.468 e. The molecule has 0 saturated carbocycles. The predicted molar refractivity (Wildman–Crippen MR) is 85.1 cm³/mol. The molecule has 0 aliphatic carbocycles. The van der Waals surface area contributed by atoms with Gasteiger partial charge in [0.1, 0.15) is 0 Å². The molecule has 0 bridgehead atoms. The first-order valence-electron chi connectivity index (χ1n) is 7.52. The van der Waals surface area contributed by atoms with Crippen molar-refractivity contribution >= 4 is 5.96 Å². The molecule has 9 heteroatoms. The molecule has 1 aromatic rings. The van der Waals surface area contributed by atoms with Gasteiger partial charge in [0, 0.05) is 32.0 Å². The first kappa shape index (κ1) is 20.0. The Labute approximate surface area is 139 Å². The Morgan fingerprint density at radius 2 is 2.12 bits per heavy atom. The lowest BCUT2D eigenvalue weighted by Crippen LogP contribution is -2.43. The second-order valence-electron chi connectivity index (χ2n) is 5.10. The van der Waals surface area contributed by atoms with E-state index in [0.717, 1.165) is 5.56 Å². The number of nitrogens with zero attached hydrogens (tertiary/aromatic N) is 2. The Morgan fingerprint density at radius 1 is 1.38 bits per heavy atom. The molecule has 6 nitrogen and oxygen atoms in total. The molecule has 0 amide bonds. The predicted octanol–water partition coefficient (Wildman–Crippen LogP) is 2.11. The smallest absolute Gasteiger partial charge is 0.422 e. The van der Waals surface area contributed by atoms with E-state index < -0.39 is 12.8 Å². The second kappa shape index (κ2) is 9.96. The molecule has 1 heterocycles. The van der Waals surface area contributed by atoms with Gasteiger partial charge in [0.05, 0.1) is 13.2 Å². The fraction of sp³-hybridized carbons (Fsp3) is 0.600. The van der Waals surface area contributed by atoms with Crippen LogP contribution in [0.3, 0.4) is 0 Å². The van der Waals surface area contributed by atoms with Gasteiger partial charge in [-0.1, -0.05) is 6.07 Å². The van der Waals surface area contributed by atoms with Crippen LogP contribution in [-0.4, -0.2) is 50.0 Å². The number of hydrogen-bond acceptors (Lipinski definition) is 4. The Kier molecular flexibility index (Phi) is 8.31. The number of alkyl halides is 3. The number of aromatic nitrogens is 1. The van der Waals surface area contributed by atoms with Crippen LogP contribution in [0.5, 0.6) is 5.88 Å². The molecule has 0 aliphatic heterocycles. The van der Waals surface area contributed by atoms with Gasteiger partial charge in [-0.25, -0.2) is 9.98 Å². The maximum Gasteiger partial charge on any atom is 0.422 e. The molecule has 1 atom stereocenters. The van der Waals surface area contributed by atoms with E-state index in [1.54, 1.807) is 13.2 Å². The number of hydrogen-bond donors (Lipinski definition) is 2. The minimum Gasteiger partial charge on any atom is -0.468 e. The fourth-order valence-corrected chi connectivity index (χ4v) is 1.76. The summed E-state index contributed by atoms with van der Waals surface area (Å²) in [6.45, 7) is 4.13. The van der Waals surface area contributed by atoms with E-state index in [-0.39, 0.29) is 11.9 Å². The van der Waals surface area contributed by atoms with Crippen LogP contribution < -0.4 is 15.4 Å². The summed E-state index contributed by atoms with van der Waals surface area (Å²) in [5.41, 5.74) is 0.756. The summed E-state index contributed by atoms with van der Waals surface area (Å²) < 4.78 is 45.8. The van der Waals surface area contributed by atoms with Gasteiger partial charge in [0.25, 0.3) is 0 Å². The topological polar surface area (TPSA) is 67.8 Å². The Balaban J connectivity index is 2.59. The van der Waals surface area contributed by atoms with Crippen LogP contribution in [0.2, 0.25) is 0 Å². The quantitative estimate of drug-likeness (QED) is 0.556. The van der Waals surface area contributed by atoms with E-state index in [1.165, 1.54) is 12.3 Å². The van der Waals surface area contributed by atoms with Crippen molar-refractivity contribution in [2.75, 3.05) is 26.9 Å². The molecule has 0 aromatic carbocycles. The van der Waals surface area contributed by atoms with Gasteiger partial charge in [0.15, 0.2) is 12.6 Å². The Bertz CT molecular complexity index is 506. The van der Waals surface area contributed by atoms with Crippen molar-refractivity contribution in [3.8, 4) is 5.88 Å². The van der Waals surface area contributed by atoms with E-state index in [0.29, 0.717) is 25.7 Å². The number of aliphatic imine (C=N–C) groups is 1. The molecule has 0 aliphatic rings. The SMILES string of the molecule is CCNC(=NCc1ccc(OCC(F)(F)F)nc1)NC(C)COC. The zero-order valence-corrected chi connectivity index (χ0v) is 14.0. The van der Waals surface area contributed by atoms with Gasteiger partial charge >= 0.3 is 6.18 Å². The second-order valence-corrected chi connectivity index (χ2v) is 5.10. The Morgan fingerprint density at radius 3 is 2.67 bits per heavy atom. The van der Waals surface area contributed by atoms with Gasteiger partial charge in [-0.2, -0.15) is 13.2 Å². The molecule has 24 heavy (non-hydrogen) atoms. The van der Waals surface area contributed by atoms with Crippen LogP contribution in [-0.2, 0) is 11.3 Å². The minimum atomic E-state index is -4.38. The minimum absolute atomic E-state index is 0.0706. The lowest BCUT2D eigenvalue weighted by atomic mass is 10.3. The summed E-state index contributed by atoms with van der Waals surface area (Å²) in [5.74, 6) is 0.554. The van der Waals surface area contributed by atoms with Crippen molar-refractivity contribution in [1.29, 1.82) is 0 Å². The number of nitrogens with one attached hydrogen (secondary N) is 2. The molecule has 0 radical (unpaired) electrons. The summed E-state index contributed by atoms with van der Waals surface area (Å²) in [4.78, 5) is 8.24. The molecular weight excluding hydrogens is 325 g/mol. The molecular formula is C15H23F3N4O2. The highest BCUT2D eigenvalue weighted by Gasteiger charge is 2.28. The molecule has 1 aromatic heterocycles. The van der Waals surface area contributed by atoms with Crippen LogP contribution >= 0.6 is 0 Å². The van der Waals surface area contributed by atoms with E-state index in [9.17, 15) is 13.2 Å². The lowest BCUT2D eigenvalue weighted by Gasteiger charge is -2.17. The van der Waals surface area contributed by atoms with Crippen molar-refractivity contribution < 1.29 is 22.6 Å². The van der Waals surface area contributed by atoms with Crippen LogP contribution in [0.4, 0.5) is 13.2 Å². The third-order valence-corrected chi connectivity index (χ3v) is 2.75. The van der Waals surface area contributed by atoms with Crippen molar-refractivity contribution in [3.63, 3.8) is 0 Å². The third kappa shape index (κ3) is 8.56. The van der Waals surface area contributed by atoms with Crippen molar-refractivity contribution in [1.82, 2.24) is 15.6 Å². The van der Waals surface area contributed by atoms with Crippen LogP contribution in [0.25, 0.3) is 0 Å². The summed E-state index contributed by atoms with van der Waals surface area (Å²) in [5, 5.41) is 6.28. The summed E-state index contributed by atoms with van der Waals surface area (Å²) in [6.07, 6.45) is -2.94. The first-order valence-corrected chi connectivity index (χ1v) is 7.52. The van der Waals surface area contributed by atoms with E-state index >= 15 is 0 Å². The van der Waals surface area contributed by atoms with E-state index in [2.05, 4.69) is 25.3 Å². The van der Waals surface area contributed by atoms with Crippen LogP contribution in [0, 0.1) is 0 Å². The van der Waals surface area contributed by atoms with E-state index in [1.807, 2.05) is 13.8 Å². The average Bonchev–Trinajstić information content (AvgIpc) is 2.51. The molecule has 2 N–H and O–H groups in total. The van der Waals surface area contributed by atoms with Gasteiger partial charge < -0.3 is 20.1 Å². The number of guanidine groups is 1. The number of methoxy groups -OCH3 is 1. The zero-order valence-electron chi connectivity index (χ0n) is 14.0. The number of halogens is 3. The molecule has 1 rings (SSSR count). The summed E-state index contributed by atoms with van der Waals surface area (Å²) >= 11 is 0. The number of rotatable bonds is 8. The summed E-state index contributed by atoms with van der Waals surface area (Å²) in [7, 11) is 1.62. The van der Waals surface area contributed by atoms with Gasteiger partial charge in [0.2, 0.25) is 5.88 Å². The van der Waals surface area contributed by atoms with Gasteiger partial charge in [-0.05, 0) is 19.4 Å². The van der Waals surface area contributed by atoms with Crippen molar-refractivity contribution in [2.24, 2.45) is 4.99 Å². The fourth-order valence-electron chi connectivity index (χ4n) is 1.76. The van der Waals surface area contributed by atoms with Crippen LogP contribution in [0.1, 0.15) is 19.4 Å². The van der Waals surface area contributed by atoms with Crippen molar-refractivity contribution in [2.45, 2.75) is 32.6 Å². The lowest BCUT2D eigenvalue weighted by molar-refractivity contribution is -0.154. The normalized spacial score (nSPS) is 13.5. The highest BCUT2D eigenvalue weighted by molar-refractivity contribution is 5.80. The molecule has 1 unspecified atom stereocenters. The van der Waals surface area contributed by atoms with Gasteiger partial charge in [-0.15, -0.1) is 0 Å². The zero-order chi connectivity index (χ0) is 18.0. The standard InChI is InChI=1S/C15H23F3N4O2/c1-4-19-14(22-11(2)9-23-3)21-8-12-5-6-13(20-7-12)24-10-15(16,17)18/h5-7,11H,4,8-10H2,1-3H3,(H2,19,21,22). The molecule has 0 spiro atoms. The maximum atomic E-state index is 12.1. The monoisotopic (exact) mass is 348 g/mol. The summed E-state index contributed by atoms with van der Waals surface area (Å²) in [6, 6.07) is 3.11. The highest BCUT2D eigenvalue weighted by atomic mass is 19.4. The Hall–Kier alpha value is -2.03. The molecule has 136 valence electrons. The van der Waals surface area contributed by atoms with Gasteiger partial charge in [-0.3, -0.25) is 0 Å².